The standard InChI is InChI=1S/C16H26N4OS.2ClH/c1-12-9-17-5-8-20(12)16(21)14-3-6-19(7-4-14)10-15-11-22-13(2)18-15;;/h11-12,14,17H,3-10H2,1-2H3;2*1H/t12-;;/m0../s1. The lowest BCUT2D eigenvalue weighted by molar-refractivity contribution is -0.140. The van der Waals surface area contributed by atoms with Crippen molar-refractivity contribution in [1.82, 2.24) is 20.1 Å². The van der Waals surface area contributed by atoms with Crippen LogP contribution in [0.4, 0.5) is 0 Å². The van der Waals surface area contributed by atoms with Crippen molar-refractivity contribution >= 4 is 42.1 Å². The fourth-order valence-corrected chi connectivity index (χ4v) is 4.05. The van der Waals surface area contributed by atoms with Crippen LogP contribution in [-0.2, 0) is 11.3 Å². The van der Waals surface area contributed by atoms with Crippen LogP contribution in [-0.4, -0.2) is 59.5 Å². The third kappa shape index (κ3) is 5.30. The Balaban J connectivity index is 0.00000144. The van der Waals surface area contributed by atoms with Gasteiger partial charge in [-0.1, -0.05) is 0 Å². The highest BCUT2D eigenvalue weighted by molar-refractivity contribution is 7.09. The number of nitrogens with zero attached hydrogens (tertiary/aromatic N) is 3. The number of rotatable bonds is 3. The van der Waals surface area contributed by atoms with E-state index < -0.39 is 0 Å². The van der Waals surface area contributed by atoms with Crippen molar-refractivity contribution in [2.75, 3.05) is 32.7 Å². The number of piperidine rings is 1. The molecule has 8 heteroatoms. The Morgan fingerprint density at radius 3 is 2.62 bits per heavy atom. The van der Waals surface area contributed by atoms with E-state index in [0.29, 0.717) is 11.9 Å². The molecular formula is C16H28Cl2N4OS. The van der Waals surface area contributed by atoms with Crippen LogP contribution in [0.25, 0.3) is 0 Å². The van der Waals surface area contributed by atoms with Crippen LogP contribution in [0.5, 0.6) is 0 Å². The Morgan fingerprint density at radius 1 is 1.33 bits per heavy atom. The van der Waals surface area contributed by atoms with Crippen LogP contribution in [0.15, 0.2) is 5.38 Å². The molecule has 2 saturated heterocycles. The topological polar surface area (TPSA) is 48.5 Å². The molecule has 1 aromatic rings. The van der Waals surface area contributed by atoms with Gasteiger partial charge in [-0.2, -0.15) is 0 Å². The van der Waals surface area contributed by atoms with Gasteiger partial charge < -0.3 is 10.2 Å². The molecule has 0 unspecified atom stereocenters. The van der Waals surface area contributed by atoms with E-state index in [2.05, 4.69) is 32.4 Å². The zero-order valence-electron chi connectivity index (χ0n) is 14.4. The molecule has 1 N–H and O–H groups in total. The molecule has 5 nitrogen and oxygen atoms in total. The van der Waals surface area contributed by atoms with Gasteiger partial charge in [0.25, 0.3) is 0 Å². The van der Waals surface area contributed by atoms with Gasteiger partial charge in [0.05, 0.1) is 10.7 Å². The molecule has 2 aliphatic heterocycles. The SMILES string of the molecule is Cc1nc(CN2CCC(C(=O)N3CCNC[C@@H]3C)CC2)cs1.Cl.Cl. The summed E-state index contributed by atoms with van der Waals surface area (Å²) in [6.45, 7) is 9.85. The number of halogens is 2. The summed E-state index contributed by atoms with van der Waals surface area (Å²) >= 11 is 1.71. The number of piperazine rings is 1. The normalized spacial score (nSPS) is 22.6. The molecule has 0 saturated carbocycles. The first-order chi connectivity index (χ1) is 10.6. The second kappa shape index (κ2) is 9.92. The third-order valence-electron chi connectivity index (χ3n) is 4.77. The summed E-state index contributed by atoms with van der Waals surface area (Å²) in [5.74, 6) is 0.590. The molecule has 0 aliphatic carbocycles. The number of amides is 1. The average molecular weight is 395 g/mol. The number of carbonyl (C=O) groups is 1. The maximum atomic E-state index is 12.7. The highest BCUT2D eigenvalue weighted by Crippen LogP contribution is 2.23. The number of hydrogen-bond acceptors (Lipinski definition) is 5. The van der Waals surface area contributed by atoms with E-state index in [1.807, 2.05) is 6.92 Å². The van der Waals surface area contributed by atoms with Gasteiger partial charge in [0.1, 0.15) is 0 Å². The highest BCUT2D eigenvalue weighted by atomic mass is 35.5. The molecule has 2 fully saturated rings. The summed E-state index contributed by atoms with van der Waals surface area (Å²) in [7, 11) is 0. The van der Waals surface area contributed by atoms with Crippen LogP contribution >= 0.6 is 36.2 Å². The summed E-state index contributed by atoms with van der Waals surface area (Å²) in [5.41, 5.74) is 1.17. The Bertz CT molecular complexity index is 520. The lowest BCUT2D eigenvalue weighted by atomic mass is 9.94. The number of likely N-dealkylation sites (tertiary alicyclic amines) is 1. The van der Waals surface area contributed by atoms with Gasteiger partial charge in [0.2, 0.25) is 5.91 Å². The lowest BCUT2D eigenvalue weighted by Crippen LogP contribution is -2.54. The predicted molar refractivity (Wildman–Crippen MR) is 103 cm³/mol. The van der Waals surface area contributed by atoms with Crippen molar-refractivity contribution in [3.05, 3.63) is 16.1 Å². The quantitative estimate of drug-likeness (QED) is 0.854. The molecule has 0 radical (unpaired) electrons. The molecule has 1 aromatic heterocycles. The molecule has 0 aromatic carbocycles. The molecule has 3 rings (SSSR count). The van der Waals surface area contributed by atoms with E-state index in [9.17, 15) is 4.79 Å². The van der Waals surface area contributed by atoms with Crippen LogP contribution in [0.2, 0.25) is 0 Å². The predicted octanol–water partition coefficient (Wildman–Crippen LogP) is 2.33. The van der Waals surface area contributed by atoms with Crippen LogP contribution in [0.3, 0.4) is 0 Å². The third-order valence-corrected chi connectivity index (χ3v) is 5.60. The first kappa shape index (κ1) is 21.6. The second-order valence-corrected chi connectivity index (χ2v) is 7.56. The Morgan fingerprint density at radius 2 is 2.04 bits per heavy atom. The van der Waals surface area contributed by atoms with Gasteiger partial charge in [0, 0.05) is 43.5 Å². The number of aromatic nitrogens is 1. The van der Waals surface area contributed by atoms with Gasteiger partial charge >= 0.3 is 0 Å². The maximum absolute atomic E-state index is 12.7. The molecule has 3 heterocycles. The molecule has 1 atom stereocenters. The van der Waals surface area contributed by atoms with Crippen LogP contribution in [0.1, 0.15) is 30.5 Å². The zero-order valence-corrected chi connectivity index (χ0v) is 16.8. The fourth-order valence-electron chi connectivity index (χ4n) is 3.45. The summed E-state index contributed by atoms with van der Waals surface area (Å²) in [4.78, 5) is 21.8. The van der Waals surface area contributed by atoms with E-state index in [1.165, 1.54) is 5.69 Å². The molecule has 138 valence electrons. The summed E-state index contributed by atoms with van der Waals surface area (Å²) in [5, 5.41) is 6.63. The molecule has 1 amide bonds. The maximum Gasteiger partial charge on any atom is 0.226 e. The first-order valence-corrected chi connectivity index (χ1v) is 9.16. The molecule has 24 heavy (non-hydrogen) atoms. The van der Waals surface area contributed by atoms with E-state index >= 15 is 0 Å². The van der Waals surface area contributed by atoms with Gasteiger partial charge in [-0.05, 0) is 39.8 Å². The Labute approximate surface area is 161 Å². The molecule has 2 aliphatic rings. The highest BCUT2D eigenvalue weighted by Gasteiger charge is 2.31. The van der Waals surface area contributed by atoms with E-state index in [4.69, 9.17) is 0 Å². The van der Waals surface area contributed by atoms with Crippen molar-refractivity contribution in [2.24, 2.45) is 5.92 Å². The largest absolute Gasteiger partial charge is 0.337 e. The molecular weight excluding hydrogens is 367 g/mol. The minimum Gasteiger partial charge on any atom is -0.337 e. The monoisotopic (exact) mass is 394 g/mol. The van der Waals surface area contributed by atoms with Crippen molar-refractivity contribution in [1.29, 1.82) is 0 Å². The number of thiazole rings is 1. The van der Waals surface area contributed by atoms with Gasteiger partial charge in [-0.25, -0.2) is 4.98 Å². The van der Waals surface area contributed by atoms with E-state index in [0.717, 1.165) is 57.1 Å². The average Bonchev–Trinajstić information content (AvgIpc) is 2.93. The Kier molecular flexibility index (Phi) is 8.95. The van der Waals surface area contributed by atoms with Crippen molar-refractivity contribution in [3.8, 4) is 0 Å². The van der Waals surface area contributed by atoms with Gasteiger partial charge in [-0.15, -0.1) is 36.2 Å². The zero-order chi connectivity index (χ0) is 15.5. The van der Waals surface area contributed by atoms with E-state index in [1.54, 1.807) is 11.3 Å². The minimum absolute atomic E-state index is 0. The number of nitrogens with one attached hydrogen (secondary N) is 1. The molecule has 0 spiro atoms. The van der Waals surface area contributed by atoms with Crippen molar-refractivity contribution in [2.45, 2.75) is 39.3 Å². The number of hydrogen-bond donors (Lipinski definition) is 1. The summed E-state index contributed by atoms with van der Waals surface area (Å²) < 4.78 is 0. The van der Waals surface area contributed by atoms with E-state index in [-0.39, 0.29) is 30.7 Å². The van der Waals surface area contributed by atoms with Crippen LogP contribution < -0.4 is 5.32 Å². The smallest absolute Gasteiger partial charge is 0.226 e. The minimum atomic E-state index is 0. The van der Waals surface area contributed by atoms with Crippen LogP contribution in [0, 0.1) is 12.8 Å². The summed E-state index contributed by atoms with van der Waals surface area (Å²) in [6, 6.07) is 0.331. The van der Waals surface area contributed by atoms with Crippen molar-refractivity contribution < 1.29 is 4.79 Å². The molecule has 0 bridgehead atoms. The number of carbonyl (C=O) groups excluding carboxylic acids is 1. The van der Waals surface area contributed by atoms with Crippen molar-refractivity contribution in [3.63, 3.8) is 0 Å². The second-order valence-electron chi connectivity index (χ2n) is 6.49. The fraction of sp³-hybridized carbons (Fsp3) is 0.750. The van der Waals surface area contributed by atoms with Gasteiger partial charge in [-0.3, -0.25) is 9.69 Å². The van der Waals surface area contributed by atoms with Gasteiger partial charge in [0.15, 0.2) is 0 Å². The number of aryl methyl sites for hydroxylation is 1. The first-order valence-electron chi connectivity index (χ1n) is 8.28. The summed E-state index contributed by atoms with van der Waals surface area (Å²) in [6.07, 6.45) is 1.97. The Hall–Kier alpha value is -0.400. The lowest BCUT2D eigenvalue weighted by Gasteiger charge is -2.38.